The average molecular weight is 656 g/mol. The number of carbonyl (C=O) groups is 7. The number of imide groups is 1. The molecule has 4 atom stereocenters. The molecule has 2 heterocycles. The van der Waals surface area contributed by atoms with Crippen LogP contribution in [0.5, 0.6) is 0 Å². The Balaban J connectivity index is 1.65. The maximum absolute atomic E-state index is 12.8. The summed E-state index contributed by atoms with van der Waals surface area (Å²) in [4.78, 5) is 89.9. The van der Waals surface area contributed by atoms with Gasteiger partial charge in [0.15, 0.2) is 6.29 Å². The lowest BCUT2D eigenvalue weighted by molar-refractivity contribution is -0.213. The van der Waals surface area contributed by atoms with Crippen molar-refractivity contribution >= 4 is 41.4 Å². The minimum Gasteiger partial charge on any atom is -0.388 e. The van der Waals surface area contributed by atoms with Crippen molar-refractivity contribution in [1.82, 2.24) is 26.3 Å². The van der Waals surface area contributed by atoms with Gasteiger partial charge in [0.25, 0.3) is 11.8 Å². The van der Waals surface area contributed by atoms with Gasteiger partial charge < -0.3 is 40.7 Å². The highest BCUT2D eigenvalue weighted by Gasteiger charge is 2.32. The van der Waals surface area contributed by atoms with Crippen LogP contribution in [0.25, 0.3) is 0 Å². The number of hydroxylamine groups is 2. The molecule has 260 valence electrons. The van der Waals surface area contributed by atoms with Crippen molar-refractivity contribution in [3.63, 3.8) is 0 Å². The number of ether oxygens (including phenoxy) is 2. The summed E-state index contributed by atoms with van der Waals surface area (Å²) in [5, 5.41) is 21.2. The van der Waals surface area contributed by atoms with E-state index in [1.165, 1.54) is 0 Å². The van der Waals surface area contributed by atoms with E-state index in [4.69, 9.17) is 14.3 Å². The molecule has 0 saturated carbocycles. The molecule has 16 nitrogen and oxygen atoms in total. The molecule has 0 aliphatic carbocycles. The van der Waals surface area contributed by atoms with Crippen LogP contribution in [0, 0.1) is 5.92 Å². The lowest BCUT2D eigenvalue weighted by Crippen LogP contribution is -2.49. The Morgan fingerprint density at radius 1 is 0.935 bits per heavy atom. The Morgan fingerprint density at radius 3 is 2.35 bits per heavy atom. The summed E-state index contributed by atoms with van der Waals surface area (Å²) in [7, 11) is 0. The first-order chi connectivity index (χ1) is 22.0. The van der Waals surface area contributed by atoms with Gasteiger partial charge in [-0.3, -0.25) is 28.8 Å². The monoisotopic (exact) mass is 655 g/mol. The quantitative estimate of drug-likeness (QED) is 0.0800. The van der Waals surface area contributed by atoms with Gasteiger partial charge in [-0.15, -0.1) is 5.06 Å². The van der Waals surface area contributed by atoms with Gasteiger partial charge in [0.05, 0.1) is 6.61 Å². The number of aliphatic hydroxyl groups is 1. The van der Waals surface area contributed by atoms with Crippen LogP contribution in [-0.2, 0) is 47.9 Å². The van der Waals surface area contributed by atoms with Crippen LogP contribution < -0.4 is 21.3 Å². The van der Waals surface area contributed by atoms with Gasteiger partial charge in [0.1, 0.15) is 12.1 Å². The standard InChI is InChI=1S/C30H49N5O11/c1-3-14-33-29(43)21(10-11-23(37)32-16-18-45-30-22(36)8-7-17-44-30)34-28(42)20(2)19-24(38)31-15-6-4-5-9-27(41)46-35-25(39)12-13-26(35)40/h20-22,30,36H,3-19H2,1-2H3,(H,31,38)(H,32,37)(H,33,43)(H,34,42). The van der Waals surface area contributed by atoms with Crippen molar-refractivity contribution in [1.29, 1.82) is 0 Å². The Morgan fingerprint density at radius 2 is 1.65 bits per heavy atom. The molecule has 46 heavy (non-hydrogen) atoms. The summed E-state index contributed by atoms with van der Waals surface area (Å²) in [6.45, 7) is 5.01. The zero-order valence-electron chi connectivity index (χ0n) is 26.8. The molecule has 0 aromatic rings. The van der Waals surface area contributed by atoms with Crippen LogP contribution in [0.1, 0.15) is 90.9 Å². The van der Waals surface area contributed by atoms with Crippen LogP contribution in [0.4, 0.5) is 0 Å². The van der Waals surface area contributed by atoms with E-state index < -0.39 is 54.0 Å². The van der Waals surface area contributed by atoms with Crippen molar-refractivity contribution in [2.24, 2.45) is 5.92 Å². The van der Waals surface area contributed by atoms with Gasteiger partial charge in [-0.2, -0.15) is 0 Å². The summed E-state index contributed by atoms with van der Waals surface area (Å²) in [5.74, 6) is -4.10. The fourth-order valence-electron chi connectivity index (χ4n) is 4.63. The van der Waals surface area contributed by atoms with Gasteiger partial charge in [0, 0.05) is 64.3 Å². The smallest absolute Gasteiger partial charge is 0.333 e. The number of nitrogens with one attached hydrogen (secondary N) is 4. The Kier molecular flexibility index (Phi) is 17.8. The molecule has 5 N–H and O–H groups in total. The summed E-state index contributed by atoms with van der Waals surface area (Å²) in [6, 6.07) is -0.967. The SMILES string of the molecule is CCCNC(=O)C(CCC(=O)NCCOC1OCCCC1O)NC(=O)C(C)CC(=O)NCCCCCC(=O)ON1C(=O)CCC1=O. The zero-order chi connectivity index (χ0) is 33.9. The second kappa shape index (κ2) is 21.2. The Hall–Kier alpha value is -3.63. The molecule has 2 saturated heterocycles. The molecular formula is C30H49N5O11. The van der Waals surface area contributed by atoms with Gasteiger partial charge >= 0.3 is 5.97 Å². The molecule has 0 spiro atoms. The first-order valence-electron chi connectivity index (χ1n) is 16.1. The fraction of sp³-hybridized carbons (Fsp3) is 0.767. The number of amides is 6. The summed E-state index contributed by atoms with van der Waals surface area (Å²) >= 11 is 0. The van der Waals surface area contributed by atoms with Crippen molar-refractivity contribution in [3.8, 4) is 0 Å². The van der Waals surface area contributed by atoms with Gasteiger partial charge in [-0.05, 0) is 38.5 Å². The van der Waals surface area contributed by atoms with E-state index in [2.05, 4.69) is 21.3 Å². The normalized spacial score (nSPS) is 19.2. The summed E-state index contributed by atoms with van der Waals surface area (Å²) in [5.41, 5.74) is 0. The predicted octanol–water partition coefficient (Wildman–Crippen LogP) is -0.282. The second-order valence-corrected chi connectivity index (χ2v) is 11.4. The van der Waals surface area contributed by atoms with Gasteiger partial charge in [-0.25, -0.2) is 4.79 Å². The molecule has 6 amide bonds. The summed E-state index contributed by atoms with van der Waals surface area (Å²) < 4.78 is 10.8. The van der Waals surface area contributed by atoms with Gasteiger partial charge in [0.2, 0.25) is 23.6 Å². The third-order valence-electron chi connectivity index (χ3n) is 7.31. The zero-order valence-corrected chi connectivity index (χ0v) is 26.8. The Bertz CT molecular complexity index is 1040. The molecule has 0 aromatic carbocycles. The summed E-state index contributed by atoms with van der Waals surface area (Å²) in [6.07, 6.45) is 2.18. The largest absolute Gasteiger partial charge is 0.388 e. The Labute approximate surface area is 268 Å². The number of unbranched alkanes of at least 4 members (excludes halogenated alkanes) is 2. The van der Waals surface area contributed by atoms with E-state index in [-0.39, 0.29) is 63.5 Å². The first-order valence-corrected chi connectivity index (χ1v) is 16.1. The van der Waals surface area contributed by atoms with Crippen LogP contribution in [0.15, 0.2) is 0 Å². The molecule has 2 fully saturated rings. The number of aliphatic hydroxyl groups excluding tert-OH is 1. The van der Waals surface area contributed by atoms with E-state index >= 15 is 0 Å². The van der Waals surface area contributed by atoms with Crippen molar-refractivity contribution in [3.05, 3.63) is 0 Å². The predicted molar refractivity (Wildman–Crippen MR) is 161 cm³/mol. The van der Waals surface area contributed by atoms with E-state index in [0.717, 1.165) is 6.42 Å². The lowest BCUT2D eigenvalue weighted by atomic mass is 10.0. The number of hydrogen-bond donors (Lipinski definition) is 5. The maximum Gasteiger partial charge on any atom is 0.333 e. The molecule has 2 rings (SSSR count). The highest BCUT2D eigenvalue weighted by Crippen LogP contribution is 2.15. The van der Waals surface area contributed by atoms with Crippen LogP contribution in [-0.4, -0.2) is 103 Å². The fourth-order valence-corrected chi connectivity index (χ4v) is 4.63. The molecule has 2 aliphatic rings. The van der Waals surface area contributed by atoms with E-state index in [1.54, 1.807) is 6.92 Å². The number of carbonyl (C=O) groups excluding carboxylic acids is 7. The molecule has 0 bridgehead atoms. The van der Waals surface area contributed by atoms with E-state index in [9.17, 15) is 38.7 Å². The molecule has 2 aliphatic heterocycles. The van der Waals surface area contributed by atoms with Crippen LogP contribution in [0.2, 0.25) is 0 Å². The van der Waals surface area contributed by atoms with Crippen molar-refractivity contribution in [2.45, 2.75) is 109 Å². The average Bonchev–Trinajstić information content (AvgIpc) is 3.34. The number of rotatable bonds is 21. The van der Waals surface area contributed by atoms with Crippen LogP contribution in [0.3, 0.4) is 0 Å². The first kappa shape index (κ1) is 38.6. The lowest BCUT2D eigenvalue weighted by Gasteiger charge is -2.27. The van der Waals surface area contributed by atoms with Crippen molar-refractivity contribution in [2.75, 3.05) is 32.8 Å². The topological polar surface area (TPSA) is 219 Å². The third-order valence-corrected chi connectivity index (χ3v) is 7.31. The highest BCUT2D eigenvalue weighted by molar-refractivity contribution is 6.01. The van der Waals surface area contributed by atoms with E-state index in [1.807, 2.05) is 6.92 Å². The second-order valence-electron chi connectivity index (χ2n) is 11.4. The third kappa shape index (κ3) is 14.6. The number of nitrogens with zero attached hydrogens (tertiary/aromatic N) is 1. The molecule has 0 radical (unpaired) electrons. The molecular weight excluding hydrogens is 606 g/mol. The maximum atomic E-state index is 12.8. The highest BCUT2D eigenvalue weighted by atomic mass is 16.7. The minimum atomic E-state index is -0.967. The molecule has 4 unspecified atom stereocenters. The molecule has 0 aromatic heterocycles. The minimum absolute atomic E-state index is 0.0200. The molecule has 16 heteroatoms. The van der Waals surface area contributed by atoms with Crippen molar-refractivity contribution < 1.29 is 53.0 Å². The van der Waals surface area contributed by atoms with Gasteiger partial charge in [-0.1, -0.05) is 20.3 Å². The van der Waals surface area contributed by atoms with Crippen LogP contribution >= 0.6 is 0 Å². The number of hydrogen-bond acceptors (Lipinski definition) is 11. The van der Waals surface area contributed by atoms with E-state index in [0.29, 0.717) is 56.9 Å².